The zero-order valence-corrected chi connectivity index (χ0v) is 9.50. The number of benzene rings is 1. The molecule has 1 atom stereocenters. The predicted octanol–water partition coefficient (Wildman–Crippen LogP) is 2.41. The summed E-state index contributed by atoms with van der Waals surface area (Å²) < 4.78 is 17.0. The fraction of sp³-hybridized carbons (Fsp3) is 0.364. The first-order valence-corrected chi connectivity index (χ1v) is 5.17. The Morgan fingerprint density at radius 3 is 2.81 bits per heavy atom. The van der Waals surface area contributed by atoms with Crippen LogP contribution < -0.4 is 0 Å². The van der Waals surface area contributed by atoms with Crippen molar-refractivity contribution >= 4 is 17.6 Å². The van der Waals surface area contributed by atoms with E-state index in [9.17, 15) is 14.3 Å². The SMILES string of the molecule is CCOC(=O)C(O)c1ccc(CF)cc1Cl. The number of aliphatic hydroxyl groups is 1. The fourth-order valence-electron chi connectivity index (χ4n) is 1.22. The Kier molecular flexibility index (Phi) is 4.71. The highest BCUT2D eigenvalue weighted by atomic mass is 35.5. The van der Waals surface area contributed by atoms with E-state index >= 15 is 0 Å². The maximum absolute atomic E-state index is 12.3. The number of hydrogen-bond donors (Lipinski definition) is 1. The molecule has 1 aromatic rings. The Morgan fingerprint density at radius 1 is 1.62 bits per heavy atom. The topological polar surface area (TPSA) is 46.5 Å². The minimum atomic E-state index is -1.43. The van der Waals surface area contributed by atoms with Crippen LogP contribution >= 0.6 is 11.6 Å². The highest BCUT2D eigenvalue weighted by Crippen LogP contribution is 2.25. The molecule has 1 N–H and O–H groups in total. The summed E-state index contributed by atoms with van der Waals surface area (Å²) in [5.41, 5.74) is 0.613. The summed E-state index contributed by atoms with van der Waals surface area (Å²) in [6, 6.07) is 4.25. The summed E-state index contributed by atoms with van der Waals surface area (Å²) in [6.07, 6.45) is -1.43. The van der Waals surface area contributed by atoms with Crippen molar-refractivity contribution in [2.45, 2.75) is 19.7 Å². The van der Waals surface area contributed by atoms with Crippen LogP contribution in [-0.4, -0.2) is 17.7 Å². The van der Waals surface area contributed by atoms with Gasteiger partial charge in [-0.15, -0.1) is 0 Å². The second kappa shape index (κ2) is 5.82. The van der Waals surface area contributed by atoms with Crippen molar-refractivity contribution in [2.75, 3.05) is 6.61 Å². The molecule has 0 aromatic heterocycles. The lowest BCUT2D eigenvalue weighted by molar-refractivity contribution is -0.153. The quantitative estimate of drug-likeness (QED) is 0.830. The maximum Gasteiger partial charge on any atom is 0.339 e. The first-order valence-electron chi connectivity index (χ1n) is 4.79. The van der Waals surface area contributed by atoms with Crippen LogP contribution in [0.3, 0.4) is 0 Å². The molecule has 1 rings (SSSR count). The van der Waals surface area contributed by atoms with Gasteiger partial charge in [0.25, 0.3) is 0 Å². The number of carbonyl (C=O) groups excluding carboxylic acids is 1. The van der Waals surface area contributed by atoms with Crippen molar-refractivity contribution in [3.63, 3.8) is 0 Å². The Hall–Kier alpha value is -1.13. The molecule has 0 fully saturated rings. The number of carbonyl (C=O) groups is 1. The molecule has 0 amide bonds. The van der Waals surface area contributed by atoms with Crippen LogP contribution in [0.1, 0.15) is 24.2 Å². The van der Waals surface area contributed by atoms with Crippen molar-refractivity contribution in [2.24, 2.45) is 0 Å². The van der Waals surface area contributed by atoms with E-state index < -0.39 is 18.7 Å². The second-order valence-corrected chi connectivity index (χ2v) is 3.55. The van der Waals surface area contributed by atoms with Gasteiger partial charge in [0.05, 0.1) is 6.61 Å². The monoisotopic (exact) mass is 246 g/mol. The smallest absolute Gasteiger partial charge is 0.339 e. The van der Waals surface area contributed by atoms with Gasteiger partial charge >= 0.3 is 5.97 Å². The summed E-state index contributed by atoms with van der Waals surface area (Å²) in [6.45, 7) is 1.17. The van der Waals surface area contributed by atoms with Crippen molar-refractivity contribution in [1.29, 1.82) is 0 Å². The molecule has 0 aliphatic rings. The van der Waals surface area contributed by atoms with E-state index in [1.807, 2.05) is 0 Å². The lowest BCUT2D eigenvalue weighted by atomic mass is 10.1. The van der Waals surface area contributed by atoms with Gasteiger partial charge in [-0.05, 0) is 18.6 Å². The summed E-state index contributed by atoms with van der Waals surface area (Å²) in [4.78, 5) is 11.2. The van der Waals surface area contributed by atoms with Crippen LogP contribution in [0.5, 0.6) is 0 Å². The van der Waals surface area contributed by atoms with Crippen molar-refractivity contribution < 1.29 is 19.0 Å². The first kappa shape index (κ1) is 12.9. The van der Waals surface area contributed by atoms with E-state index in [2.05, 4.69) is 4.74 Å². The highest BCUT2D eigenvalue weighted by Gasteiger charge is 2.21. The van der Waals surface area contributed by atoms with E-state index in [0.29, 0.717) is 5.56 Å². The van der Waals surface area contributed by atoms with E-state index in [-0.39, 0.29) is 17.2 Å². The zero-order chi connectivity index (χ0) is 12.1. The molecule has 3 nitrogen and oxygen atoms in total. The number of halogens is 2. The largest absolute Gasteiger partial charge is 0.464 e. The van der Waals surface area contributed by atoms with Gasteiger partial charge in [0.15, 0.2) is 6.10 Å². The van der Waals surface area contributed by atoms with Gasteiger partial charge in [0, 0.05) is 10.6 Å². The highest BCUT2D eigenvalue weighted by molar-refractivity contribution is 6.31. The molecule has 16 heavy (non-hydrogen) atoms. The standard InChI is InChI=1S/C11H12ClFO3/c1-2-16-11(15)10(14)8-4-3-7(6-13)5-9(8)12/h3-5,10,14H,2,6H2,1H3. The van der Waals surface area contributed by atoms with Crippen LogP contribution in [-0.2, 0) is 16.2 Å². The zero-order valence-electron chi connectivity index (χ0n) is 8.74. The fourth-order valence-corrected chi connectivity index (χ4v) is 1.53. The lowest BCUT2D eigenvalue weighted by Gasteiger charge is -2.11. The Labute approximate surface area is 97.8 Å². The summed E-state index contributed by atoms with van der Waals surface area (Å²) in [5, 5.41) is 9.76. The van der Waals surface area contributed by atoms with Gasteiger partial charge in [-0.2, -0.15) is 0 Å². The van der Waals surface area contributed by atoms with E-state index in [1.165, 1.54) is 18.2 Å². The van der Waals surface area contributed by atoms with Crippen molar-refractivity contribution in [1.82, 2.24) is 0 Å². The van der Waals surface area contributed by atoms with Gasteiger partial charge in [-0.3, -0.25) is 0 Å². The average Bonchev–Trinajstić information content (AvgIpc) is 2.28. The molecular formula is C11H12ClFO3. The van der Waals surface area contributed by atoms with Crippen LogP contribution in [0, 0.1) is 0 Å². The molecule has 0 aliphatic heterocycles. The maximum atomic E-state index is 12.3. The summed E-state index contributed by atoms with van der Waals surface area (Å²) >= 11 is 5.81. The minimum absolute atomic E-state index is 0.149. The van der Waals surface area contributed by atoms with Gasteiger partial charge < -0.3 is 9.84 Å². The molecule has 88 valence electrons. The minimum Gasteiger partial charge on any atom is -0.464 e. The van der Waals surface area contributed by atoms with Crippen molar-refractivity contribution in [3.8, 4) is 0 Å². The van der Waals surface area contributed by atoms with E-state index in [0.717, 1.165) is 0 Å². The molecule has 5 heteroatoms. The van der Waals surface area contributed by atoms with Gasteiger partial charge in [-0.1, -0.05) is 23.7 Å². The predicted molar refractivity (Wildman–Crippen MR) is 57.9 cm³/mol. The third kappa shape index (κ3) is 2.93. The van der Waals surface area contributed by atoms with Gasteiger partial charge in [0.2, 0.25) is 0 Å². The summed E-state index contributed by atoms with van der Waals surface area (Å²) in [7, 11) is 0. The molecular weight excluding hydrogens is 235 g/mol. The number of esters is 1. The average molecular weight is 247 g/mol. The Balaban J connectivity index is 2.91. The first-order chi connectivity index (χ1) is 7.60. The molecule has 1 unspecified atom stereocenters. The Morgan fingerprint density at radius 2 is 2.31 bits per heavy atom. The molecule has 0 saturated heterocycles. The molecule has 0 spiro atoms. The third-order valence-electron chi connectivity index (χ3n) is 2.02. The molecule has 0 radical (unpaired) electrons. The molecule has 1 aromatic carbocycles. The lowest BCUT2D eigenvalue weighted by Crippen LogP contribution is -2.15. The van der Waals surface area contributed by atoms with Crippen LogP contribution in [0.2, 0.25) is 5.02 Å². The number of aliphatic hydroxyl groups excluding tert-OH is 1. The molecule has 0 saturated carbocycles. The normalized spacial score (nSPS) is 12.2. The van der Waals surface area contributed by atoms with Crippen LogP contribution in [0.4, 0.5) is 4.39 Å². The third-order valence-corrected chi connectivity index (χ3v) is 2.35. The number of hydrogen-bond acceptors (Lipinski definition) is 3. The molecule has 0 bridgehead atoms. The van der Waals surface area contributed by atoms with Crippen LogP contribution in [0.15, 0.2) is 18.2 Å². The van der Waals surface area contributed by atoms with E-state index in [1.54, 1.807) is 6.92 Å². The van der Waals surface area contributed by atoms with Gasteiger partial charge in [-0.25, -0.2) is 9.18 Å². The van der Waals surface area contributed by atoms with Gasteiger partial charge in [0.1, 0.15) is 6.67 Å². The number of alkyl halides is 1. The Bertz CT molecular complexity index is 381. The number of ether oxygens (including phenoxy) is 1. The van der Waals surface area contributed by atoms with Crippen LogP contribution in [0.25, 0.3) is 0 Å². The molecule has 0 aliphatic carbocycles. The van der Waals surface area contributed by atoms with Crippen molar-refractivity contribution in [3.05, 3.63) is 34.3 Å². The molecule has 0 heterocycles. The van der Waals surface area contributed by atoms with E-state index in [4.69, 9.17) is 11.6 Å². The second-order valence-electron chi connectivity index (χ2n) is 3.14. The summed E-state index contributed by atoms with van der Waals surface area (Å²) in [5.74, 6) is -0.766. The number of rotatable bonds is 4.